The molecule has 1 aromatic carbocycles. The lowest BCUT2D eigenvalue weighted by Crippen LogP contribution is -2.06. The van der Waals surface area contributed by atoms with Gasteiger partial charge in [0.2, 0.25) is 5.69 Å². The third-order valence-electron chi connectivity index (χ3n) is 2.07. The van der Waals surface area contributed by atoms with Crippen LogP contribution in [0.15, 0.2) is 12.1 Å². The van der Waals surface area contributed by atoms with Crippen molar-refractivity contribution in [1.29, 1.82) is 0 Å². The lowest BCUT2D eigenvalue weighted by Gasteiger charge is -2.07. The van der Waals surface area contributed by atoms with E-state index in [0.29, 0.717) is 0 Å². The van der Waals surface area contributed by atoms with E-state index in [9.17, 15) is 9.59 Å². The molecule has 0 unspecified atom stereocenters. The Morgan fingerprint density at radius 1 is 1.38 bits per heavy atom. The molecule has 0 spiro atoms. The van der Waals surface area contributed by atoms with E-state index >= 15 is 0 Å². The van der Waals surface area contributed by atoms with Gasteiger partial charge in [-0.1, -0.05) is 0 Å². The van der Waals surface area contributed by atoms with Crippen LogP contribution in [0.3, 0.4) is 0 Å². The molecule has 0 amide bonds. The lowest BCUT2D eigenvalue weighted by atomic mass is 10.0. The first-order valence-corrected chi connectivity index (χ1v) is 4.41. The number of benzene rings is 1. The first-order chi connectivity index (χ1) is 7.51. The molecule has 0 saturated heterocycles. The summed E-state index contributed by atoms with van der Waals surface area (Å²) < 4.78 is 4.51. The molecule has 5 heteroatoms. The summed E-state index contributed by atoms with van der Waals surface area (Å²) in [5.74, 6) is -0.897. The van der Waals surface area contributed by atoms with Gasteiger partial charge in [0, 0.05) is 11.3 Å². The van der Waals surface area contributed by atoms with Gasteiger partial charge in [-0.15, -0.1) is 0 Å². The molecule has 0 radical (unpaired) electrons. The quantitative estimate of drug-likeness (QED) is 0.355. The van der Waals surface area contributed by atoms with Crippen LogP contribution >= 0.6 is 0 Å². The molecule has 0 aliphatic heterocycles. The van der Waals surface area contributed by atoms with Crippen molar-refractivity contribution in [3.63, 3.8) is 0 Å². The van der Waals surface area contributed by atoms with Crippen molar-refractivity contribution in [2.45, 2.75) is 6.92 Å². The normalized spacial score (nSPS) is 9.31. The van der Waals surface area contributed by atoms with E-state index in [2.05, 4.69) is 9.58 Å². The van der Waals surface area contributed by atoms with Crippen LogP contribution in [0.1, 0.15) is 27.6 Å². The highest BCUT2D eigenvalue weighted by atomic mass is 16.5. The molecule has 1 aromatic rings. The van der Waals surface area contributed by atoms with E-state index < -0.39 is 5.97 Å². The zero-order valence-corrected chi connectivity index (χ0v) is 8.90. The Morgan fingerprint density at radius 2 is 2.00 bits per heavy atom. The maximum atomic E-state index is 11.3. The van der Waals surface area contributed by atoms with Crippen LogP contribution in [-0.2, 0) is 4.74 Å². The average Bonchev–Trinajstić information content (AvgIpc) is 2.27. The highest BCUT2D eigenvalue weighted by Crippen LogP contribution is 2.26. The predicted octanol–water partition coefficient (Wildman–Crippen LogP) is 1.81. The topological polar surface area (TPSA) is 73.8 Å². The van der Waals surface area contributed by atoms with Crippen LogP contribution in [0.25, 0.3) is 4.85 Å². The van der Waals surface area contributed by atoms with Gasteiger partial charge in [0.05, 0.1) is 19.2 Å². The third-order valence-corrected chi connectivity index (χ3v) is 2.07. The minimum absolute atomic E-state index is 0.0613. The van der Waals surface area contributed by atoms with E-state index in [1.807, 2.05) is 0 Å². The number of Topliss-reactive ketones (excluding diaryl/α,β-unsaturated/α-hetero) is 1. The largest absolute Gasteiger partial charge is 0.466 e. The summed E-state index contributed by atoms with van der Waals surface area (Å²) in [6.45, 7) is 8.27. The number of methoxy groups -OCH3 is 1. The first kappa shape index (κ1) is 11.7. The number of ether oxygens (including phenoxy) is 1. The maximum Gasteiger partial charge on any atom is 0.327 e. The molecule has 0 aliphatic carbocycles. The van der Waals surface area contributed by atoms with Gasteiger partial charge < -0.3 is 10.5 Å². The second kappa shape index (κ2) is 4.45. The Balaban J connectivity index is 3.45. The van der Waals surface area contributed by atoms with Crippen molar-refractivity contribution in [3.05, 3.63) is 34.7 Å². The van der Waals surface area contributed by atoms with Gasteiger partial charge in [-0.3, -0.25) is 4.79 Å². The predicted molar refractivity (Wildman–Crippen MR) is 58.5 cm³/mol. The molecule has 0 atom stereocenters. The number of hydrogen-bond acceptors (Lipinski definition) is 4. The maximum absolute atomic E-state index is 11.3. The number of hydrogen-bond donors (Lipinski definition) is 1. The molecule has 0 fully saturated rings. The van der Waals surface area contributed by atoms with E-state index in [0.717, 1.165) is 0 Å². The molecule has 0 heterocycles. The van der Waals surface area contributed by atoms with Crippen LogP contribution in [0, 0.1) is 6.57 Å². The zero-order chi connectivity index (χ0) is 12.3. The summed E-state index contributed by atoms with van der Waals surface area (Å²) in [5.41, 5.74) is 6.14. The van der Waals surface area contributed by atoms with Gasteiger partial charge in [-0.05, 0) is 19.1 Å². The first-order valence-electron chi connectivity index (χ1n) is 4.41. The number of rotatable bonds is 2. The lowest BCUT2D eigenvalue weighted by molar-refractivity contribution is 0.0602. The molecule has 82 valence electrons. The fourth-order valence-corrected chi connectivity index (χ4v) is 1.28. The number of nitrogen functional groups attached to an aromatic ring is 1. The number of esters is 1. The minimum atomic E-state index is -0.646. The van der Waals surface area contributed by atoms with Crippen LogP contribution < -0.4 is 5.73 Å². The molecule has 5 nitrogen and oxygen atoms in total. The van der Waals surface area contributed by atoms with E-state index in [4.69, 9.17) is 12.3 Å². The number of carbonyl (C=O) groups is 2. The third kappa shape index (κ3) is 2.01. The van der Waals surface area contributed by atoms with Crippen molar-refractivity contribution in [1.82, 2.24) is 0 Å². The fourth-order valence-electron chi connectivity index (χ4n) is 1.28. The van der Waals surface area contributed by atoms with Gasteiger partial charge in [0.25, 0.3) is 0 Å². The van der Waals surface area contributed by atoms with Gasteiger partial charge in [0.15, 0.2) is 5.78 Å². The fraction of sp³-hybridized carbons (Fsp3) is 0.182. The monoisotopic (exact) mass is 218 g/mol. The summed E-state index contributed by atoms with van der Waals surface area (Å²) in [7, 11) is 1.21. The molecule has 1 rings (SSSR count). The van der Waals surface area contributed by atoms with Gasteiger partial charge in [-0.2, -0.15) is 0 Å². The molecule has 0 aliphatic rings. The van der Waals surface area contributed by atoms with E-state index in [1.54, 1.807) is 0 Å². The Bertz CT molecular complexity index is 501. The molecule has 0 aromatic heterocycles. The summed E-state index contributed by atoms with van der Waals surface area (Å²) in [5, 5.41) is 0. The van der Waals surface area contributed by atoms with Crippen LogP contribution in [0.5, 0.6) is 0 Å². The molecular formula is C11H10N2O3. The summed E-state index contributed by atoms with van der Waals surface area (Å²) in [6.07, 6.45) is 0. The second-order valence-corrected chi connectivity index (χ2v) is 3.12. The van der Waals surface area contributed by atoms with Crippen molar-refractivity contribution in [2.24, 2.45) is 0 Å². The standard InChI is InChI=1S/C11H10N2O3/c1-6(14)7-5-10(13-2)8(4-9(7)12)11(15)16-3/h4-5H,12H2,1,3H3. The van der Waals surface area contributed by atoms with Crippen LogP contribution in [0.4, 0.5) is 11.4 Å². The summed E-state index contributed by atoms with van der Waals surface area (Å²) in [4.78, 5) is 25.7. The van der Waals surface area contributed by atoms with E-state index in [-0.39, 0.29) is 28.3 Å². The number of nitrogens with zero attached hydrogens (tertiary/aromatic N) is 1. The molecule has 2 N–H and O–H groups in total. The Hall–Kier alpha value is -2.35. The Morgan fingerprint density at radius 3 is 2.44 bits per heavy atom. The van der Waals surface area contributed by atoms with Gasteiger partial charge in [0.1, 0.15) is 0 Å². The summed E-state index contributed by atoms with van der Waals surface area (Å²) in [6, 6.07) is 2.59. The number of nitrogens with two attached hydrogens (primary N) is 1. The van der Waals surface area contributed by atoms with Crippen molar-refractivity contribution < 1.29 is 14.3 Å². The van der Waals surface area contributed by atoms with Gasteiger partial charge >= 0.3 is 5.97 Å². The smallest absolute Gasteiger partial charge is 0.327 e. The van der Waals surface area contributed by atoms with Crippen molar-refractivity contribution in [2.75, 3.05) is 12.8 Å². The van der Waals surface area contributed by atoms with Gasteiger partial charge in [-0.25, -0.2) is 9.64 Å². The molecule has 16 heavy (non-hydrogen) atoms. The van der Waals surface area contributed by atoms with Crippen molar-refractivity contribution >= 4 is 23.1 Å². The van der Waals surface area contributed by atoms with E-state index in [1.165, 1.54) is 26.2 Å². The second-order valence-electron chi connectivity index (χ2n) is 3.12. The Labute approximate surface area is 92.6 Å². The van der Waals surface area contributed by atoms with Crippen molar-refractivity contribution in [3.8, 4) is 0 Å². The van der Waals surface area contributed by atoms with Crippen LogP contribution in [-0.4, -0.2) is 18.9 Å². The zero-order valence-electron chi connectivity index (χ0n) is 8.90. The highest BCUT2D eigenvalue weighted by Gasteiger charge is 2.16. The van der Waals surface area contributed by atoms with Crippen LogP contribution in [0.2, 0.25) is 0 Å². The SMILES string of the molecule is [C-]#[N+]c1cc(C(C)=O)c(N)cc1C(=O)OC. The molecule has 0 saturated carbocycles. The molecule has 0 bridgehead atoms. The summed E-state index contributed by atoms with van der Waals surface area (Å²) >= 11 is 0. The number of ketones is 1. The molecular weight excluding hydrogens is 208 g/mol. The minimum Gasteiger partial charge on any atom is -0.466 e. The Kier molecular flexibility index (Phi) is 3.26. The number of carbonyl (C=O) groups excluding carboxylic acids is 2. The average molecular weight is 218 g/mol. The highest BCUT2D eigenvalue weighted by molar-refractivity contribution is 6.04. The number of anilines is 1.